The predicted molar refractivity (Wildman–Crippen MR) is 85.8 cm³/mol. The Hall–Kier alpha value is -3.09. The molecular weight excluding hydrogens is 372 g/mol. The molecule has 0 amide bonds. The molecule has 1 aliphatic heterocycles. The van der Waals surface area contributed by atoms with E-state index in [0.717, 1.165) is 26.6 Å². The van der Waals surface area contributed by atoms with E-state index in [-0.39, 0.29) is 23.9 Å². The molecule has 26 heavy (non-hydrogen) atoms. The first kappa shape index (κ1) is 17.7. The van der Waals surface area contributed by atoms with Gasteiger partial charge in [-0.1, -0.05) is 0 Å². The van der Waals surface area contributed by atoms with Gasteiger partial charge in [0.25, 0.3) is 0 Å². The summed E-state index contributed by atoms with van der Waals surface area (Å²) in [6, 6.07) is 0. The van der Waals surface area contributed by atoms with Crippen LogP contribution in [-0.4, -0.2) is 63.9 Å². The molecule has 0 saturated carbocycles. The van der Waals surface area contributed by atoms with Crippen molar-refractivity contribution >= 4 is 33.6 Å². The summed E-state index contributed by atoms with van der Waals surface area (Å²) >= 11 is 0. The Morgan fingerprint density at radius 2 is 2.08 bits per heavy atom. The Morgan fingerprint density at radius 3 is 2.62 bits per heavy atom. The lowest BCUT2D eigenvalue weighted by Gasteiger charge is -2.15. The van der Waals surface area contributed by atoms with E-state index >= 15 is 0 Å². The number of carbonyl (C=O) groups excluding carboxylic acids is 1. The number of esters is 1. The summed E-state index contributed by atoms with van der Waals surface area (Å²) in [6.45, 7) is -0.560. The lowest BCUT2D eigenvalue weighted by atomic mass is 10.3. The number of sulfonamides is 1. The van der Waals surface area contributed by atoms with Crippen molar-refractivity contribution < 1.29 is 33.0 Å². The van der Waals surface area contributed by atoms with Gasteiger partial charge < -0.3 is 19.5 Å². The van der Waals surface area contributed by atoms with Crippen molar-refractivity contribution in [1.29, 1.82) is 0 Å². The second-order valence-electron chi connectivity index (χ2n) is 5.49. The molecule has 1 fully saturated rings. The van der Waals surface area contributed by atoms with Crippen LogP contribution in [0, 0.1) is 0 Å². The molecule has 2 aromatic rings. The number of fused-ring (bicyclic) bond motifs is 1. The highest BCUT2D eigenvalue weighted by Gasteiger charge is 2.33. The number of hydrogen-bond donors (Lipinski definition) is 2. The molecule has 1 aliphatic rings. The van der Waals surface area contributed by atoms with Gasteiger partial charge in [-0.25, -0.2) is 22.6 Å². The third-order valence-corrected chi connectivity index (χ3v) is 5.68. The maximum absolute atomic E-state index is 12.5. The Balaban J connectivity index is 2.37. The molecule has 2 aromatic heterocycles. The van der Waals surface area contributed by atoms with Crippen LogP contribution < -0.4 is 9.86 Å². The lowest BCUT2D eigenvalue weighted by molar-refractivity contribution is -0.137. The van der Waals surface area contributed by atoms with Gasteiger partial charge in [-0.2, -0.15) is 0 Å². The van der Waals surface area contributed by atoms with E-state index in [1.807, 2.05) is 0 Å². The molecular formula is C13H14N4O8S. The molecule has 3 heterocycles. The number of hydrogen-bond acceptors (Lipinski definition) is 8. The number of aromatic hydroxyl groups is 1. The molecule has 1 saturated heterocycles. The zero-order valence-electron chi connectivity index (χ0n) is 13.4. The van der Waals surface area contributed by atoms with Crippen LogP contribution in [0.25, 0.3) is 5.78 Å². The number of anilines is 1. The number of ether oxygens (including phenoxy) is 1. The van der Waals surface area contributed by atoms with E-state index in [0.29, 0.717) is 6.42 Å². The maximum Gasteiger partial charge on any atom is 0.360 e. The van der Waals surface area contributed by atoms with Gasteiger partial charge in [0.1, 0.15) is 12.4 Å². The van der Waals surface area contributed by atoms with E-state index < -0.39 is 45.5 Å². The van der Waals surface area contributed by atoms with Crippen LogP contribution in [0.5, 0.6) is 5.75 Å². The van der Waals surface area contributed by atoms with Crippen LogP contribution in [-0.2, 0) is 26.1 Å². The number of imidazole rings is 1. The molecule has 0 aromatic carbocycles. The van der Waals surface area contributed by atoms with Crippen molar-refractivity contribution in [3.8, 4) is 5.75 Å². The second-order valence-corrected chi connectivity index (χ2v) is 7.50. The van der Waals surface area contributed by atoms with E-state index in [2.05, 4.69) is 9.72 Å². The standard InChI is InChI=1S/C13H14N4O8S/c1-25-12(22)9-10(20)11(21)17-7(16-3-2-4-26(16,23)24)5-15(6-8(18)19)13(17)14-9/h5,20H,2-4,6H2,1H3,(H,18,19). The van der Waals surface area contributed by atoms with Crippen LogP contribution in [0.1, 0.15) is 16.9 Å². The fourth-order valence-corrected chi connectivity index (χ4v) is 4.26. The fourth-order valence-electron chi connectivity index (χ4n) is 2.73. The summed E-state index contributed by atoms with van der Waals surface area (Å²) in [5, 5.41) is 19.0. The highest BCUT2D eigenvalue weighted by molar-refractivity contribution is 7.93. The number of rotatable bonds is 4. The molecule has 0 bridgehead atoms. The molecule has 0 unspecified atom stereocenters. The zero-order chi connectivity index (χ0) is 19.2. The largest absolute Gasteiger partial charge is 0.501 e. The Kier molecular flexibility index (Phi) is 4.10. The van der Waals surface area contributed by atoms with Crippen molar-refractivity contribution in [2.24, 2.45) is 0 Å². The van der Waals surface area contributed by atoms with Gasteiger partial charge in [0, 0.05) is 6.54 Å². The van der Waals surface area contributed by atoms with Crippen molar-refractivity contribution in [2.45, 2.75) is 13.0 Å². The average Bonchev–Trinajstić information content (AvgIpc) is 3.09. The average molecular weight is 386 g/mol. The van der Waals surface area contributed by atoms with Gasteiger partial charge in [0.05, 0.1) is 19.1 Å². The van der Waals surface area contributed by atoms with Crippen LogP contribution in [0.2, 0.25) is 0 Å². The summed E-state index contributed by atoms with van der Waals surface area (Å²) in [5.74, 6) is -4.01. The smallest absolute Gasteiger partial charge is 0.360 e. The van der Waals surface area contributed by atoms with Crippen molar-refractivity contribution in [1.82, 2.24) is 14.0 Å². The minimum absolute atomic E-state index is 0.0838. The fraction of sp³-hybridized carbons (Fsp3) is 0.385. The quantitative estimate of drug-likeness (QED) is 0.603. The summed E-state index contributed by atoms with van der Waals surface area (Å²) in [4.78, 5) is 39.1. The first-order chi connectivity index (χ1) is 12.2. The number of carboxylic acid groups (broad SMARTS) is 1. The molecule has 13 heteroatoms. The molecule has 3 rings (SSSR count). The SMILES string of the molecule is COC(=O)c1nc2n(CC(=O)O)cc(N3CCCS3(=O)=O)n2c(=O)c1O. The normalized spacial score (nSPS) is 16.1. The van der Waals surface area contributed by atoms with Crippen molar-refractivity contribution in [3.63, 3.8) is 0 Å². The highest BCUT2D eigenvalue weighted by Crippen LogP contribution is 2.26. The first-order valence-corrected chi connectivity index (χ1v) is 8.93. The molecule has 0 spiro atoms. The van der Waals surface area contributed by atoms with Crippen LogP contribution >= 0.6 is 0 Å². The molecule has 12 nitrogen and oxygen atoms in total. The molecule has 0 aliphatic carbocycles. The number of carboxylic acids is 1. The van der Waals surface area contributed by atoms with Crippen molar-refractivity contribution in [3.05, 3.63) is 22.2 Å². The molecule has 140 valence electrons. The monoisotopic (exact) mass is 386 g/mol. The van der Waals surface area contributed by atoms with E-state index in [1.54, 1.807) is 0 Å². The van der Waals surface area contributed by atoms with Crippen LogP contribution in [0.3, 0.4) is 0 Å². The molecule has 0 radical (unpaired) electrons. The number of methoxy groups -OCH3 is 1. The highest BCUT2D eigenvalue weighted by atomic mass is 32.2. The third kappa shape index (κ3) is 2.65. The van der Waals surface area contributed by atoms with Gasteiger partial charge in [-0.3, -0.25) is 13.9 Å². The van der Waals surface area contributed by atoms with Gasteiger partial charge in [0.15, 0.2) is 5.69 Å². The number of aromatic nitrogens is 3. The van der Waals surface area contributed by atoms with Gasteiger partial charge in [0.2, 0.25) is 21.6 Å². The third-order valence-electron chi connectivity index (χ3n) is 3.84. The van der Waals surface area contributed by atoms with Gasteiger partial charge in [-0.15, -0.1) is 0 Å². The maximum atomic E-state index is 12.5. The zero-order valence-corrected chi connectivity index (χ0v) is 14.3. The Bertz CT molecular complexity index is 1080. The van der Waals surface area contributed by atoms with Gasteiger partial charge >= 0.3 is 17.5 Å². The summed E-state index contributed by atoms with van der Waals surface area (Å²) in [6.07, 6.45) is 1.45. The summed E-state index contributed by atoms with van der Waals surface area (Å²) < 4.78 is 31.5. The van der Waals surface area contributed by atoms with E-state index in [9.17, 15) is 27.9 Å². The molecule has 0 atom stereocenters. The number of nitrogens with zero attached hydrogens (tertiary/aromatic N) is 4. The number of aliphatic carboxylic acids is 1. The van der Waals surface area contributed by atoms with E-state index in [4.69, 9.17) is 5.11 Å². The molecule has 2 N–H and O–H groups in total. The van der Waals surface area contributed by atoms with Crippen LogP contribution in [0.15, 0.2) is 11.0 Å². The van der Waals surface area contributed by atoms with Crippen LogP contribution in [0.4, 0.5) is 5.82 Å². The predicted octanol–water partition coefficient (Wildman–Crippen LogP) is -1.39. The number of carbonyl (C=O) groups is 2. The second kappa shape index (κ2) is 6.01. The van der Waals surface area contributed by atoms with E-state index in [1.165, 1.54) is 0 Å². The minimum atomic E-state index is -3.70. The Morgan fingerprint density at radius 1 is 1.38 bits per heavy atom. The Labute approximate surface area is 145 Å². The lowest BCUT2D eigenvalue weighted by Crippen LogP contribution is -2.29. The van der Waals surface area contributed by atoms with Crippen molar-refractivity contribution in [2.75, 3.05) is 23.7 Å². The summed E-state index contributed by atoms with van der Waals surface area (Å²) in [5.41, 5.74) is -1.81. The topological polar surface area (TPSA) is 161 Å². The minimum Gasteiger partial charge on any atom is -0.501 e. The first-order valence-electron chi connectivity index (χ1n) is 7.32. The van der Waals surface area contributed by atoms with Gasteiger partial charge in [-0.05, 0) is 6.42 Å². The summed E-state index contributed by atoms with van der Waals surface area (Å²) in [7, 11) is -2.68.